The molecule has 0 saturated heterocycles. The molecule has 0 spiro atoms. The van der Waals surface area contributed by atoms with E-state index in [1.165, 1.54) is 0 Å². The van der Waals surface area contributed by atoms with Gasteiger partial charge in [-0.2, -0.15) is 0 Å². The van der Waals surface area contributed by atoms with Gasteiger partial charge >= 0.3 is 0 Å². The van der Waals surface area contributed by atoms with Crippen LogP contribution in [0.2, 0.25) is 0 Å². The number of hydrogen-bond donors (Lipinski definition) is 1. The lowest BCUT2D eigenvalue weighted by molar-refractivity contribution is -0.120. The average Bonchev–Trinajstić information content (AvgIpc) is 3.12. The lowest BCUT2D eigenvalue weighted by atomic mass is 10.1. The van der Waals surface area contributed by atoms with Gasteiger partial charge in [-0.1, -0.05) is 18.2 Å². The zero-order chi connectivity index (χ0) is 21.3. The standard InChI is InChI=1S/C23H29N3O4/c1-28-14-13-26-19-8-5-4-7-18(19)25-22(26)9-6-12-24-23(27)16-17-10-11-20(29-2)21(15-17)30-3/h4-5,7-8,10-11,15H,6,9,12-14,16H2,1-3H3,(H,24,27). The van der Waals surface area contributed by atoms with Crippen molar-refractivity contribution in [1.82, 2.24) is 14.9 Å². The van der Waals surface area contributed by atoms with Crippen molar-refractivity contribution in [2.24, 2.45) is 0 Å². The van der Waals surface area contributed by atoms with E-state index < -0.39 is 0 Å². The lowest BCUT2D eigenvalue weighted by Gasteiger charge is -2.10. The maximum atomic E-state index is 12.3. The van der Waals surface area contributed by atoms with Gasteiger partial charge in [-0.15, -0.1) is 0 Å². The van der Waals surface area contributed by atoms with Crippen LogP contribution in [0.1, 0.15) is 17.8 Å². The predicted molar refractivity (Wildman–Crippen MR) is 116 cm³/mol. The van der Waals surface area contributed by atoms with Crippen LogP contribution in [0, 0.1) is 0 Å². The van der Waals surface area contributed by atoms with Crippen LogP contribution in [-0.2, 0) is 28.9 Å². The molecule has 0 atom stereocenters. The fourth-order valence-corrected chi connectivity index (χ4v) is 3.46. The summed E-state index contributed by atoms with van der Waals surface area (Å²) in [6.45, 7) is 1.99. The molecule has 0 radical (unpaired) electrons. The largest absolute Gasteiger partial charge is 0.493 e. The quantitative estimate of drug-likeness (QED) is 0.491. The summed E-state index contributed by atoms with van der Waals surface area (Å²) in [4.78, 5) is 17.1. The zero-order valence-corrected chi connectivity index (χ0v) is 17.8. The highest BCUT2D eigenvalue weighted by molar-refractivity contribution is 5.78. The smallest absolute Gasteiger partial charge is 0.224 e. The van der Waals surface area contributed by atoms with Crippen molar-refractivity contribution < 1.29 is 19.0 Å². The number of rotatable bonds is 11. The summed E-state index contributed by atoms with van der Waals surface area (Å²) in [6, 6.07) is 13.6. The molecule has 3 aromatic rings. The third kappa shape index (κ3) is 5.30. The molecule has 0 aliphatic heterocycles. The lowest BCUT2D eigenvalue weighted by Crippen LogP contribution is -2.26. The summed E-state index contributed by atoms with van der Waals surface area (Å²) in [6.07, 6.45) is 1.90. The number of amides is 1. The Balaban J connectivity index is 1.53. The maximum absolute atomic E-state index is 12.3. The average molecular weight is 412 g/mol. The normalized spacial score (nSPS) is 10.9. The zero-order valence-electron chi connectivity index (χ0n) is 17.8. The molecule has 160 valence electrons. The Morgan fingerprint density at radius 2 is 1.87 bits per heavy atom. The molecule has 30 heavy (non-hydrogen) atoms. The van der Waals surface area contributed by atoms with E-state index in [4.69, 9.17) is 19.2 Å². The third-order valence-electron chi connectivity index (χ3n) is 4.96. The molecule has 0 aliphatic carbocycles. The van der Waals surface area contributed by atoms with Crippen molar-refractivity contribution >= 4 is 16.9 Å². The van der Waals surface area contributed by atoms with E-state index in [1.54, 1.807) is 21.3 Å². The summed E-state index contributed by atoms with van der Waals surface area (Å²) in [7, 11) is 4.88. The number of carbonyl (C=O) groups is 1. The number of nitrogens with zero attached hydrogens (tertiary/aromatic N) is 2. The topological polar surface area (TPSA) is 74.6 Å². The Bertz CT molecular complexity index is 984. The van der Waals surface area contributed by atoms with Gasteiger partial charge in [-0.25, -0.2) is 4.98 Å². The summed E-state index contributed by atoms with van der Waals surface area (Å²) in [5.74, 6) is 2.27. The Morgan fingerprint density at radius 3 is 2.63 bits per heavy atom. The maximum Gasteiger partial charge on any atom is 0.224 e. The van der Waals surface area contributed by atoms with E-state index in [-0.39, 0.29) is 5.91 Å². The van der Waals surface area contributed by atoms with Gasteiger partial charge in [0, 0.05) is 26.6 Å². The molecule has 2 aromatic carbocycles. The van der Waals surface area contributed by atoms with Crippen LogP contribution in [0.5, 0.6) is 11.5 Å². The van der Waals surface area contributed by atoms with Crippen LogP contribution in [0.25, 0.3) is 11.0 Å². The Hall–Kier alpha value is -3.06. The van der Waals surface area contributed by atoms with E-state index in [0.717, 1.165) is 41.8 Å². The molecule has 0 aliphatic rings. The van der Waals surface area contributed by atoms with Gasteiger partial charge in [0.2, 0.25) is 5.91 Å². The monoisotopic (exact) mass is 411 g/mol. The summed E-state index contributed by atoms with van der Waals surface area (Å²) < 4.78 is 18.0. The highest BCUT2D eigenvalue weighted by Crippen LogP contribution is 2.27. The fourth-order valence-electron chi connectivity index (χ4n) is 3.46. The SMILES string of the molecule is COCCn1c(CCCNC(=O)Cc2ccc(OC)c(OC)c2)nc2ccccc21. The molecule has 0 bridgehead atoms. The molecule has 1 N–H and O–H groups in total. The number of aryl methyl sites for hydroxylation is 1. The molecule has 1 aromatic heterocycles. The molecule has 0 fully saturated rings. The van der Waals surface area contributed by atoms with Gasteiger partial charge < -0.3 is 24.1 Å². The predicted octanol–water partition coefficient (Wildman–Crippen LogP) is 2.99. The summed E-state index contributed by atoms with van der Waals surface area (Å²) in [5, 5.41) is 2.99. The molecule has 3 rings (SSSR count). The first-order valence-corrected chi connectivity index (χ1v) is 10.1. The van der Waals surface area contributed by atoms with Crippen molar-refractivity contribution in [1.29, 1.82) is 0 Å². The van der Waals surface area contributed by atoms with E-state index in [2.05, 4.69) is 16.0 Å². The van der Waals surface area contributed by atoms with E-state index in [0.29, 0.717) is 31.1 Å². The Labute approximate surface area is 177 Å². The number of aromatic nitrogens is 2. The van der Waals surface area contributed by atoms with Crippen LogP contribution < -0.4 is 14.8 Å². The molecule has 7 nitrogen and oxygen atoms in total. The highest BCUT2D eigenvalue weighted by atomic mass is 16.5. The number of methoxy groups -OCH3 is 3. The van der Waals surface area contributed by atoms with Gasteiger partial charge in [0.05, 0.1) is 38.3 Å². The minimum atomic E-state index is -0.0184. The van der Waals surface area contributed by atoms with Crippen LogP contribution in [0.3, 0.4) is 0 Å². The summed E-state index contributed by atoms with van der Waals surface area (Å²) >= 11 is 0. The van der Waals surface area contributed by atoms with Crippen molar-refractivity contribution in [2.75, 3.05) is 34.5 Å². The molecule has 0 saturated carbocycles. The number of para-hydroxylation sites is 2. The number of benzene rings is 2. The van der Waals surface area contributed by atoms with Crippen LogP contribution in [-0.4, -0.2) is 49.9 Å². The number of ether oxygens (including phenoxy) is 3. The first-order valence-electron chi connectivity index (χ1n) is 10.1. The van der Waals surface area contributed by atoms with Gasteiger partial charge in [-0.05, 0) is 36.2 Å². The number of nitrogens with one attached hydrogen (secondary N) is 1. The van der Waals surface area contributed by atoms with Crippen LogP contribution in [0.4, 0.5) is 0 Å². The summed E-state index contributed by atoms with van der Waals surface area (Å²) in [5.41, 5.74) is 2.98. The molecular formula is C23H29N3O4. The molecule has 1 heterocycles. The second kappa shape index (κ2) is 10.6. The first kappa shape index (κ1) is 21.6. The third-order valence-corrected chi connectivity index (χ3v) is 4.96. The Morgan fingerprint density at radius 1 is 1.07 bits per heavy atom. The van der Waals surface area contributed by atoms with Crippen molar-refractivity contribution in [3.8, 4) is 11.5 Å². The van der Waals surface area contributed by atoms with Gasteiger partial charge in [0.1, 0.15) is 5.82 Å². The van der Waals surface area contributed by atoms with Crippen molar-refractivity contribution in [3.05, 3.63) is 53.9 Å². The first-order chi connectivity index (χ1) is 14.7. The van der Waals surface area contributed by atoms with Gasteiger partial charge in [-0.3, -0.25) is 4.79 Å². The minimum Gasteiger partial charge on any atom is -0.493 e. The molecule has 1 amide bonds. The molecular weight excluding hydrogens is 382 g/mol. The van der Waals surface area contributed by atoms with Gasteiger partial charge in [0.15, 0.2) is 11.5 Å². The number of imidazole rings is 1. The van der Waals surface area contributed by atoms with E-state index in [1.807, 2.05) is 36.4 Å². The number of carbonyl (C=O) groups excluding carboxylic acids is 1. The fraction of sp³-hybridized carbons (Fsp3) is 0.391. The number of hydrogen-bond acceptors (Lipinski definition) is 5. The minimum absolute atomic E-state index is 0.0184. The van der Waals surface area contributed by atoms with E-state index in [9.17, 15) is 4.79 Å². The van der Waals surface area contributed by atoms with Gasteiger partial charge in [0.25, 0.3) is 0 Å². The number of fused-ring (bicyclic) bond motifs is 1. The van der Waals surface area contributed by atoms with Crippen molar-refractivity contribution in [2.45, 2.75) is 25.8 Å². The second-order valence-corrected chi connectivity index (χ2v) is 6.98. The van der Waals surface area contributed by atoms with E-state index >= 15 is 0 Å². The Kier molecular flexibility index (Phi) is 7.68. The van der Waals surface area contributed by atoms with Crippen LogP contribution >= 0.6 is 0 Å². The van der Waals surface area contributed by atoms with Crippen LogP contribution in [0.15, 0.2) is 42.5 Å². The molecule has 0 unspecified atom stereocenters. The highest BCUT2D eigenvalue weighted by Gasteiger charge is 2.11. The molecule has 7 heteroatoms. The second-order valence-electron chi connectivity index (χ2n) is 6.98. The van der Waals surface area contributed by atoms with Crippen molar-refractivity contribution in [3.63, 3.8) is 0 Å².